The van der Waals surface area contributed by atoms with Crippen LogP contribution in [0.4, 0.5) is 0 Å². The Kier molecular flexibility index (Phi) is 5.45. The zero-order chi connectivity index (χ0) is 12.0. The van der Waals surface area contributed by atoms with Crippen LogP contribution in [0, 0.1) is 6.92 Å². The summed E-state index contributed by atoms with van der Waals surface area (Å²) in [4.78, 5) is 0. The van der Waals surface area contributed by atoms with Crippen LogP contribution in [-0.4, -0.2) is 41.3 Å². The monoisotopic (exact) mass is 227 g/mol. The Bertz CT molecular complexity index is 312. The average Bonchev–Trinajstić information content (AvgIpc) is 2.59. The van der Waals surface area contributed by atoms with Gasteiger partial charge in [-0.05, 0) is 19.9 Å². The van der Waals surface area contributed by atoms with E-state index in [1.54, 1.807) is 7.11 Å². The fourth-order valence-electron chi connectivity index (χ4n) is 1.63. The summed E-state index contributed by atoms with van der Waals surface area (Å²) < 4.78 is 6.81. The van der Waals surface area contributed by atoms with Gasteiger partial charge in [0.15, 0.2) is 0 Å². The van der Waals surface area contributed by atoms with Gasteiger partial charge in [0, 0.05) is 26.7 Å². The van der Waals surface area contributed by atoms with Crippen LogP contribution in [0.3, 0.4) is 0 Å². The minimum Gasteiger partial charge on any atom is -0.389 e. The molecule has 5 heteroatoms. The predicted molar refractivity (Wildman–Crippen MR) is 62.2 cm³/mol. The van der Waals surface area contributed by atoms with Crippen molar-refractivity contribution in [1.29, 1.82) is 0 Å². The van der Waals surface area contributed by atoms with Gasteiger partial charge in [-0.15, -0.1) is 0 Å². The van der Waals surface area contributed by atoms with Crippen LogP contribution in [0.25, 0.3) is 0 Å². The van der Waals surface area contributed by atoms with Gasteiger partial charge in [-0.25, -0.2) is 0 Å². The summed E-state index contributed by atoms with van der Waals surface area (Å²) in [6, 6.07) is 2.05. The minimum atomic E-state index is -0.455. The fraction of sp³-hybridized carbons (Fsp3) is 0.727. The quantitative estimate of drug-likeness (QED) is 0.704. The van der Waals surface area contributed by atoms with Crippen molar-refractivity contribution in [3.63, 3.8) is 0 Å². The molecule has 0 aliphatic heterocycles. The van der Waals surface area contributed by atoms with Gasteiger partial charge in [0.1, 0.15) is 0 Å². The lowest BCUT2D eigenvalue weighted by Gasteiger charge is -2.11. The third-order valence-electron chi connectivity index (χ3n) is 2.33. The number of aryl methyl sites for hydroxylation is 2. The maximum atomic E-state index is 9.45. The summed E-state index contributed by atoms with van der Waals surface area (Å²) in [7, 11) is 1.58. The molecule has 5 nitrogen and oxygen atoms in total. The van der Waals surface area contributed by atoms with Crippen molar-refractivity contribution in [2.24, 2.45) is 0 Å². The molecule has 0 amide bonds. The van der Waals surface area contributed by atoms with Crippen molar-refractivity contribution in [2.75, 3.05) is 20.3 Å². The molecule has 1 aromatic rings. The van der Waals surface area contributed by atoms with Crippen LogP contribution in [0.1, 0.15) is 18.3 Å². The first-order valence-electron chi connectivity index (χ1n) is 5.58. The summed E-state index contributed by atoms with van der Waals surface area (Å²) in [6.45, 7) is 6.52. The Labute approximate surface area is 96.4 Å². The molecule has 16 heavy (non-hydrogen) atoms. The molecule has 0 aliphatic carbocycles. The smallest absolute Gasteiger partial charge is 0.0897 e. The highest BCUT2D eigenvalue weighted by atomic mass is 16.5. The summed E-state index contributed by atoms with van der Waals surface area (Å²) in [6.07, 6.45) is -0.455. The highest BCUT2D eigenvalue weighted by molar-refractivity contribution is 5.08. The van der Waals surface area contributed by atoms with Crippen molar-refractivity contribution < 1.29 is 9.84 Å². The Morgan fingerprint density at radius 2 is 2.38 bits per heavy atom. The fourth-order valence-corrected chi connectivity index (χ4v) is 1.63. The Morgan fingerprint density at radius 3 is 3.00 bits per heavy atom. The number of aliphatic hydroxyl groups excluding tert-OH is 1. The second kappa shape index (κ2) is 6.62. The van der Waals surface area contributed by atoms with E-state index in [1.807, 2.05) is 11.6 Å². The summed E-state index contributed by atoms with van der Waals surface area (Å²) in [5.74, 6) is 0. The molecule has 1 rings (SSSR count). The number of hydrogen-bond acceptors (Lipinski definition) is 4. The number of ether oxygens (including phenoxy) is 1. The molecule has 0 aromatic carbocycles. The third kappa shape index (κ3) is 3.92. The van der Waals surface area contributed by atoms with Crippen LogP contribution in [-0.2, 0) is 17.8 Å². The molecule has 0 aliphatic rings. The van der Waals surface area contributed by atoms with Crippen LogP contribution in [0.2, 0.25) is 0 Å². The largest absolute Gasteiger partial charge is 0.389 e. The maximum Gasteiger partial charge on any atom is 0.0897 e. The van der Waals surface area contributed by atoms with Gasteiger partial charge in [0.2, 0.25) is 0 Å². The number of rotatable bonds is 7. The van der Waals surface area contributed by atoms with Gasteiger partial charge in [-0.3, -0.25) is 4.68 Å². The van der Waals surface area contributed by atoms with E-state index in [1.165, 1.54) is 0 Å². The zero-order valence-corrected chi connectivity index (χ0v) is 10.2. The number of nitrogens with zero attached hydrogens (tertiary/aromatic N) is 2. The van der Waals surface area contributed by atoms with E-state index >= 15 is 0 Å². The average molecular weight is 227 g/mol. The lowest BCUT2D eigenvalue weighted by Crippen LogP contribution is -2.30. The first-order chi connectivity index (χ1) is 7.67. The van der Waals surface area contributed by atoms with Crippen molar-refractivity contribution in [3.8, 4) is 0 Å². The Morgan fingerprint density at radius 1 is 1.62 bits per heavy atom. The van der Waals surface area contributed by atoms with Crippen molar-refractivity contribution in [3.05, 3.63) is 17.5 Å². The topological polar surface area (TPSA) is 59.3 Å². The molecule has 92 valence electrons. The van der Waals surface area contributed by atoms with E-state index in [-0.39, 0.29) is 0 Å². The molecule has 0 radical (unpaired) electrons. The zero-order valence-electron chi connectivity index (χ0n) is 10.2. The molecule has 0 spiro atoms. The molecule has 0 saturated carbocycles. The van der Waals surface area contributed by atoms with Gasteiger partial charge >= 0.3 is 0 Å². The van der Waals surface area contributed by atoms with Gasteiger partial charge in [0.25, 0.3) is 0 Å². The highest BCUT2D eigenvalue weighted by Crippen LogP contribution is 2.03. The van der Waals surface area contributed by atoms with Gasteiger partial charge in [-0.1, -0.05) is 0 Å². The number of aromatic nitrogens is 2. The second-order valence-corrected chi connectivity index (χ2v) is 3.83. The number of nitrogens with one attached hydrogen (secondary N) is 1. The van der Waals surface area contributed by atoms with Crippen molar-refractivity contribution >= 4 is 0 Å². The van der Waals surface area contributed by atoms with E-state index < -0.39 is 6.10 Å². The van der Waals surface area contributed by atoms with Crippen molar-refractivity contribution in [2.45, 2.75) is 33.0 Å². The molecule has 0 fully saturated rings. The Balaban J connectivity index is 2.36. The lowest BCUT2D eigenvalue weighted by molar-refractivity contribution is 0.0643. The molecule has 1 unspecified atom stereocenters. The SMILES string of the molecule is CCn1nc(C)cc1CNCC(O)COC. The predicted octanol–water partition coefficient (Wildman–Crippen LogP) is 0.308. The highest BCUT2D eigenvalue weighted by Gasteiger charge is 2.05. The number of aliphatic hydroxyl groups is 1. The summed E-state index contributed by atoms with van der Waals surface area (Å²) in [5.41, 5.74) is 2.17. The second-order valence-electron chi connectivity index (χ2n) is 3.83. The lowest BCUT2D eigenvalue weighted by atomic mass is 10.3. The molecular weight excluding hydrogens is 206 g/mol. The standard InChI is InChI=1S/C11H21N3O2/c1-4-14-10(5-9(2)13-14)6-12-7-11(15)8-16-3/h5,11-12,15H,4,6-8H2,1-3H3. The van der Waals surface area contributed by atoms with E-state index in [0.29, 0.717) is 13.2 Å². The van der Waals surface area contributed by atoms with Gasteiger partial charge in [-0.2, -0.15) is 5.10 Å². The number of methoxy groups -OCH3 is 1. The molecule has 1 heterocycles. The van der Waals surface area contributed by atoms with E-state index in [9.17, 15) is 5.11 Å². The van der Waals surface area contributed by atoms with Crippen molar-refractivity contribution in [1.82, 2.24) is 15.1 Å². The Hall–Kier alpha value is -0.910. The first-order valence-corrected chi connectivity index (χ1v) is 5.58. The normalized spacial score (nSPS) is 13.0. The van der Waals surface area contributed by atoms with Gasteiger partial charge in [0.05, 0.1) is 24.1 Å². The summed E-state index contributed by atoms with van der Waals surface area (Å²) >= 11 is 0. The molecule has 1 aromatic heterocycles. The van der Waals surface area contributed by atoms with Gasteiger partial charge < -0.3 is 15.2 Å². The van der Waals surface area contributed by atoms with Crippen LogP contribution >= 0.6 is 0 Å². The summed E-state index contributed by atoms with van der Waals surface area (Å²) in [5, 5.41) is 17.0. The molecule has 1 atom stereocenters. The van der Waals surface area contributed by atoms with Crippen LogP contribution < -0.4 is 5.32 Å². The molecular formula is C11H21N3O2. The van der Waals surface area contributed by atoms with Crippen LogP contribution in [0.15, 0.2) is 6.07 Å². The van der Waals surface area contributed by atoms with Crippen LogP contribution in [0.5, 0.6) is 0 Å². The maximum absolute atomic E-state index is 9.45. The third-order valence-corrected chi connectivity index (χ3v) is 2.33. The molecule has 0 saturated heterocycles. The first kappa shape index (κ1) is 13.2. The van der Waals surface area contributed by atoms with E-state index in [2.05, 4.69) is 23.4 Å². The molecule has 2 N–H and O–H groups in total. The minimum absolute atomic E-state index is 0.360. The number of hydrogen-bond donors (Lipinski definition) is 2. The van der Waals surface area contributed by atoms with E-state index in [0.717, 1.165) is 24.5 Å². The molecule has 0 bridgehead atoms. The van der Waals surface area contributed by atoms with E-state index in [4.69, 9.17) is 4.74 Å².